The van der Waals surface area contributed by atoms with Crippen molar-refractivity contribution in [1.29, 1.82) is 0 Å². The second-order valence-corrected chi connectivity index (χ2v) is 5.86. The van der Waals surface area contributed by atoms with Crippen LogP contribution in [0.4, 0.5) is 19.0 Å². The fraction of sp³-hybridized carbons (Fsp3) is 0.176. The molecule has 0 aliphatic rings. The molecule has 0 radical (unpaired) electrons. The maximum atomic E-state index is 13.2. The number of anilines is 1. The van der Waals surface area contributed by atoms with Gasteiger partial charge in [-0.2, -0.15) is 18.3 Å². The molecular weight excluding hydrogens is 361 g/mol. The van der Waals surface area contributed by atoms with Crippen LogP contribution >= 0.6 is 0 Å². The summed E-state index contributed by atoms with van der Waals surface area (Å²) in [6, 6.07) is 5.33. The Morgan fingerprint density at radius 3 is 2.67 bits per heavy atom. The van der Waals surface area contributed by atoms with Crippen molar-refractivity contribution in [3.63, 3.8) is 0 Å². The largest absolute Gasteiger partial charge is 0.443 e. The summed E-state index contributed by atoms with van der Waals surface area (Å²) in [5.41, 5.74) is 6.53. The van der Waals surface area contributed by atoms with Crippen molar-refractivity contribution in [2.75, 3.05) is 5.73 Å². The van der Waals surface area contributed by atoms with Gasteiger partial charge in [-0.3, -0.25) is 0 Å². The lowest BCUT2D eigenvalue weighted by Crippen LogP contribution is -2.09. The van der Waals surface area contributed by atoms with Crippen LogP contribution in [0.25, 0.3) is 17.2 Å². The lowest BCUT2D eigenvalue weighted by atomic mass is 10.0. The fourth-order valence-electron chi connectivity index (χ4n) is 2.85. The van der Waals surface area contributed by atoms with E-state index in [9.17, 15) is 13.2 Å². The van der Waals surface area contributed by atoms with Crippen LogP contribution < -0.4 is 5.73 Å². The number of nitrogens with zero attached hydrogens (tertiary/aromatic N) is 5. The van der Waals surface area contributed by atoms with E-state index in [0.717, 1.165) is 6.07 Å². The van der Waals surface area contributed by atoms with Gasteiger partial charge in [0.25, 0.3) is 0 Å². The number of halogens is 3. The van der Waals surface area contributed by atoms with Gasteiger partial charge in [-0.05, 0) is 18.6 Å². The molecule has 7 nitrogen and oxygen atoms in total. The Morgan fingerprint density at radius 2 is 1.96 bits per heavy atom. The van der Waals surface area contributed by atoms with Gasteiger partial charge in [0.1, 0.15) is 12.0 Å². The highest BCUT2D eigenvalue weighted by atomic mass is 19.4. The van der Waals surface area contributed by atoms with Crippen LogP contribution in [0.15, 0.2) is 41.1 Å². The van der Waals surface area contributed by atoms with Gasteiger partial charge in [0.05, 0.1) is 17.5 Å². The van der Waals surface area contributed by atoms with Crippen LogP contribution in [0.2, 0.25) is 0 Å². The normalized spacial score (nSPS) is 12.0. The van der Waals surface area contributed by atoms with Crippen molar-refractivity contribution in [2.24, 2.45) is 0 Å². The number of hydrogen-bond acceptors (Lipinski definition) is 6. The molecule has 4 aromatic rings. The summed E-state index contributed by atoms with van der Waals surface area (Å²) < 4.78 is 46.3. The van der Waals surface area contributed by atoms with Crippen molar-refractivity contribution in [2.45, 2.75) is 19.5 Å². The second kappa shape index (κ2) is 6.08. The quantitative estimate of drug-likeness (QED) is 0.591. The molecule has 0 saturated carbocycles. The molecule has 0 unspecified atom stereocenters. The summed E-state index contributed by atoms with van der Waals surface area (Å²) in [6.07, 6.45) is -1.68. The third kappa shape index (κ3) is 2.98. The van der Waals surface area contributed by atoms with Crippen LogP contribution in [0.1, 0.15) is 22.6 Å². The summed E-state index contributed by atoms with van der Waals surface area (Å²) in [5, 5.41) is 4.31. The van der Waals surface area contributed by atoms with E-state index in [1.807, 2.05) is 0 Å². The molecule has 10 heteroatoms. The zero-order valence-corrected chi connectivity index (χ0v) is 14.0. The number of rotatable bonds is 3. The number of hydrogen-bond donors (Lipinski definition) is 1. The second-order valence-electron chi connectivity index (χ2n) is 5.86. The zero-order chi connectivity index (χ0) is 19.2. The van der Waals surface area contributed by atoms with Crippen molar-refractivity contribution < 1.29 is 17.6 Å². The SMILES string of the molecule is Cc1c(-c2ncco2)nc(N)c2nc(Cc3ccccc3C(F)(F)F)nn12. The van der Waals surface area contributed by atoms with Crippen LogP contribution in [-0.4, -0.2) is 24.6 Å². The zero-order valence-electron chi connectivity index (χ0n) is 14.0. The molecule has 0 saturated heterocycles. The van der Waals surface area contributed by atoms with Crippen LogP contribution in [-0.2, 0) is 12.6 Å². The van der Waals surface area contributed by atoms with Crippen LogP contribution in [0, 0.1) is 6.92 Å². The highest BCUT2D eigenvalue weighted by Gasteiger charge is 2.33. The molecular formula is C17H13F3N6O. The number of fused-ring (bicyclic) bond motifs is 1. The lowest BCUT2D eigenvalue weighted by molar-refractivity contribution is -0.138. The number of aromatic nitrogens is 5. The monoisotopic (exact) mass is 374 g/mol. The first kappa shape index (κ1) is 17.0. The molecule has 3 heterocycles. The lowest BCUT2D eigenvalue weighted by Gasteiger charge is -2.11. The van der Waals surface area contributed by atoms with Crippen molar-refractivity contribution in [3.8, 4) is 11.6 Å². The van der Waals surface area contributed by atoms with Gasteiger partial charge in [0.15, 0.2) is 17.3 Å². The Bertz CT molecular complexity index is 1120. The van der Waals surface area contributed by atoms with E-state index in [0.29, 0.717) is 11.4 Å². The number of nitrogen functional groups attached to an aromatic ring is 1. The Morgan fingerprint density at radius 1 is 1.19 bits per heavy atom. The molecule has 4 rings (SSSR count). The number of aryl methyl sites for hydroxylation is 1. The molecule has 0 fully saturated rings. The number of nitrogens with two attached hydrogens (primary N) is 1. The third-order valence-corrected chi connectivity index (χ3v) is 4.08. The van der Waals surface area contributed by atoms with Gasteiger partial charge in [-0.1, -0.05) is 18.2 Å². The van der Waals surface area contributed by atoms with Crippen LogP contribution in [0.5, 0.6) is 0 Å². The van der Waals surface area contributed by atoms with Crippen molar-refractivity contribution in [3.05, 3.63) is 59.4 Å². The average Bonchev–Trinajstić information content (AvgIpc) is 3.27. The molecule has 27 heavy (non-hydrogen) atoms. The summed E-state index contributed by atoms with van der Waals surface area (Å²) >= 11 is 0. The smallest absolute Gasteiger partial charge is 0.416 e. The predicted molar refractivity (Wildman–Crippen MR) is 89.7 cm³/mol. The summed E-state index contributed by atoms with van der Waals surface area (Å²) in [6.45, 7) is 1.72. The molecule has 0 aliphatic carbocycles. The molecule has 2 N–H and O–H groups in total. The Balaban J connectivity index is 1.80. The molecule has 0 amide bonds. The van der Waals surface area contributed by atoms with Crippen molar-refractivity contribution in [1.82, 2.24) is 24.6 Å². The minimum absolute atomic E-state index is 0.0802. The van der Waals surface area contributed by atoms with E-state index in [2.05, 4.69) is 20.1 Å². The molecule has 0 atom stereocenters. The van der Waals surface area contributed by atoms with E-state index < -0.39 is 11.7 Å². The average molecular weight is 374 g/mol. The number of benzene rings is 1. The standard InChI is InChI=1S/C17H13F3N6O/c1-9-13(16-22-6-7-27-16)24-14(21)15-23-12(25-26(9)15)8-10-4-2-3-5-11(10)17(18,19)20/h2-7H,8H2,1H3,(H2,21,24). The first-order valence-electron chi connectivity index (χ1n) is 7.91. The Kier molecular flexibility index (Phi) is 3.83. The Hall–Kier alpha value is -3.43. The molecule has 0 aliphatic heterocycles. The van der Waals surface area contributed by atoms with Gasteiger partial charge >= 0.3 is 6.18 Å². The molecule has 0 bridgehead atoms. The molecule has 0 spiro atoms. The maximum Gasteiger partial charge on any atom is 0.416 e. The summed E-state index contributed by atoms with van der Waals surface area (Å²) in [5.74, 6) is 0.546. The van der Waals surface area contributed by atoms with Crippen LogP contribution in [0.3, 0.4) is 0 Å². The molecule has 138 valence electrons. The number of oxazole rings is 1. The topological polar surface area (TPSA) is 95.1 Å². The minimum atomic E-state index is -4.45. The van der Waals surface area contributed by atoms with Gasteiger partial charge in [0.2, 0.25) is 5.89 Å². The fourth-order valence-corrected chi connectivity index (χ4v) is 2.85. The Labute approximate surface area is 150 Å². The third-order valence-electron chi connectivity index (χ3n) is 4.08. The highest BCUT2D eigenvalue weighted by Crippen LogP contribution is 2.32. The van der Waals surface area contributed by atoms with Crippen molar-refractivity contribution >= 4 is 11.5 Å². The van der Waals surface area contributed by atoms with Gasteiger partial charge in [-0.15, -0.1) is 0 Å². The van der Waals surface area contributed by atoms with Gasteiger partial charge in [0, 0.05) is 6.42 Å². The molecule has 1 aromatic carbocycles. The number of alkyl halides is 3. The van der Waals surface area contributed by atoms with E-state index in [1.54, 1.807) is 13.0 Å². The van der Waals surface area contributed by atoms with E-state index in [4.69, 9.17) is 10.2 Å². The summed E-state index contributed by atoms with van der Waals surface area (Å²) in [4.78, 5) is 12.5. The predicted octanol–water partition coefficient (Wildman–Crippen LogP) is 3.28. The van der Waals surface area contributed by atoms with E-state index in [-0.39, 0.29) is 35.2 Å². The van der Waals surface area contributed by atoms with Gasteiger partial charge < -0.3 is 10.2 Å². The maximum absolute atomic E-state index is 13.2. The first-order valence-corrected chi connectivity index (χ1v) is 7.91. The van der Waals surface area contributed by atoms with E-state index in [1.165, 1.54) is 29.1 Å². The minimum Gasteiger partial charge on any atom is -0.443 e. The van der Waals surface area contributed by atoms with E-state index >= 15 is 0 Å². The first-order chi connectivity index (χ1) is 12.8. The highest BCUT2D eigenvalue weighted by molar-refractivity contribution is 5.66. The van der Waals surface area contributed by atoms with Gasteiger partial charge in [-0.25, -0.2) is 19.5 Å². The molecule has 3 aromatic heterocycles. The summed E-state index contributed by atoms with van der Waals surface area (Å²) in [7, 11) is 0.